The van der Waals surface area contributed by atoms with Crippen molar-refractivity contribution in [2.45, 2.75) is 64.2 Å². The van der Waals surface area contributed by atoms with Gasteiger partial charge in [-0.1, -0.05) is 38.5 Å². The second-order valence-corrected chi connectivity index (χ2v) is 8.40. The first-order chi connectivity index (χ1) is 17.3. The van der Waals surface area contributed by atoms with E-state index in [0.29, 0.717) is 24.0 Å². The van der Waals surface area contributed by atoms with Gasteiger partial charge in [-0.25, -0.2) is 10.9 Å². The van der Waals surface area contributed by atoms with E-state index in [1.807, 2.05) is 0 Å². The second-order valence-electron chi connectivity index (χ2n) is 8.40. The van der Waals surface area contributed by atoms with Crippen molar-refractivity contribution in [3.05, 3.63) is 47.5 Å². The highest BCUT2D eigenvalue weighted by molar-refractivity contribution is 5.86. The molecule has 0 aliphatic carbocycles. The van der Waals surface area contributed by atoms with Gasteiger partial charge in [-0.15, -0.1) is 0 Å². The topological polar surface area (TPSA) is 164 Å². The summed E-state index contributed by atoms with van der Waals surface area (Å²) in [6, 6.07) is 8.24. The van der Waals surface area contributed by atoms with E-state index in [-0.39, 0.29) is 34.8 Å². The summed E-state index contributed by atoms with van der Waals surface area (Å²) in [5.74, 6) is -0.704. The predicted octanol–water partition coefficient (Wildman–Crippen LogP) is 4.01. The largest absolute Gasteiger partial charge is 0.508 e. The fourth-order valence-corrected chi connectivity index (χ4v) is 3.37. The lowest BCUT2D eigenvalue weighted by atomic mass is 10.1. The zero-order chi connectivity index (χ0) is 26.2. The molecule has 2 aromatic rings. The number of unbranched alkanes of at least 4 members (excludes halogenated alkanes) is 7. The van der Waals surface area contributed by atoms with Crippen molar-refractivity contribution in [1.82, 2.24) is 10.9 Å². The first kappa shape index (κ1) is 28.2. The number of carbonyl (C=O) groups is 2. The highest BCUT2D eigenvalue weighted by Crippen LogP contribution is 2.21. The minimum atomic E-state index is -0.188. The van der Waals surface area contributed by atoms with Gasteiger partial charge < -0.3 is 20.4 Å². The van der Waals surface area contributed by atoms with E-state index in [4.69, 9.17) is 0 Å². The van der Waals surface area contributed by atoms with Crippen LogP contribution in [0.4, 0.5) is 0 Å². The smallest absolute Gasteiger partial charge is 0.240 e. The summed E-state index contributed by atoms with van der Waals surface area (Å²) in [5.41, 5.74) is 5.65. The molecule has 0 heterocycles. The Hall–Kier alpha value is -4.08. The van der Waals surface area contributed by atoms with E-state index in [0.717, 1.165) is 51.4 Å². The van der Waals surface area contributed by atoms with Crippen LogP contribution < -0.4 is 10.9 Å². The van der Waals surface area contributed by atoms with Gasteiger partial charge in [0.2, 0.25) is 11.8 Å². The van der Waals surface area contributed by atoms with Crippen molar-refractivity contribution in [2.24, 2.45) is 10.2 Å². The fraction of sp³-hybridized carbons (Fsp3) is 0.385. The molecule has 0 radical (unpaired) electrons. The first-order valence-corrected chi connectivity index (χ1v) is 12.0. The van der Waals surface area contributed by atoms with Gasteiger partial charge in [-0.2, -0.15) is 10.2 Å². The van der Waals surface area contributed by atoms with Crippen molar-refractivity contribution in [3.63, 3.8) is 0 Å². The van der Waals surface area contributed by atoms with Crippen LogP contribution in [0.25, 0.3) is 0 Å². The number of aromatic hydroxyl groups is 4. The molecule has 0 atom stereocenters. The Morgan fingerprint density at radius 1 is 0.611 bits per heavy atom. The summed E-state index contributed by atoms with van der Waals surface area (Å²) in [5, 5.41) is 45.4. The average Bonchev–Trinajstić information content (AvgIpc) is 2.83. The zero-order valence-corrected chi connectivity index (χ0v) is 20.2. The average molecular weight is 499 g/mol. The van der Waals surface area contributed by atoms with Crippen LogP contribution in [0, 0.1) is 0 Å². The lowest BCUT2D eigenvalue weighted by Gasteiger charge is -2.03. The van der Waals surface area contributed by atoms with E-state index in [2.05, 4.69) is 21.1 Å². The zero-order valence-electron chi connectivity index (χ0n) is 20.2. The summed E-state index contributed by atoms with van der Waals surface area (Å²) in [4.78, 5) is 23.6. The Morgan fingerprint density at radius 3 is 1.33 bits per heavy atom. The number of benzene rings is 2. The van der Waals surface area contributed by atoms with Crippen LogP contribution in [0.5, 0.6) is 23.0 Å². The Bertz CT molecular complexity index is 971. The monoisotopic (exact) mass is 498 g/mol. The van der Waals surface area contributed by atoms with Crippen molar-refractivity contribution >= 4 is 24.2 Å². The van der Waals surface area contributed by atoms with Crippen LogP contribution >= 0.6 is 0 Å². The molecule has 10 nitrogen and oxygen atoms in total. The van der Waals surface area contributed by atoms with E-state index in [1.54, 1.807) is 0 Å². The van der Waals surface area contributed by atoms with Crippen LogP contribution in [0.2, 0.25) is 0 Å². The minimum Gasteiger partial charge on any atom is -0.508 e. The van der Waals surface area contributed by atoms with Gasteiger partial charge in [-0.3, -0.25) is 9.59 Å². The predicted molar refractivity (Wildman–Crippen MR) is 137 cm³/mol. The molecule has 2 amide bonds. The van der Waals surface area contributed by atoms with Crippen LogP contribution in [0.1, 0.15) is 75.3 Å². The van der Waals surface area contributed by atoms with Gasteiger partial charge >= 0.3 is 0 Å². The van der Waals surface area contributed by atoms with Gasteiger partial charge in [0.15, 0.2) is 0 Å². The maximum absolute atomic E-state index is 11.8. The Balaban J connectivity index is 1.43. The molecule has 0 fully saturated rings. The number of phenolic OH excluding ortho intramolecular Hbond substituents is 4. The second kappa shape index (κ2) is 15.8. The Labute approximate surface area is 210 Å². The van der Waals surface area contributed by atoms with Crippen LogP contribution in [-0.2, 0) is 9.59 Å². The molecule has 0 saturated heterocycles. The number of nitrogens with one attached hydrogen (secondary N) is 2. The number of phenols is 4. The maximum Gasteiger partial charge on any atom is 0.240 e. The molecular weight excluding hydrogens is 464 g/mol. The number of hydrogen-bond donors (Lipinski definition) is 6. The standard InChI is InChI=1S/C26H34N4O6/c31-21-13-11-19(23(33)15-21)17-27-29-25(35)9-7-5-3-1-2-4-6-8-10-26(36)30-28-18-20-12-14-22(32)16-24(20)34/h11-18,31-34H,1-10H2,(H,29,35)(H,30,36). The number of carbonyl (C=O) groups excluding carboxylic acids is 2. The maximum atomic E-state index is 11.8. The lowest BCUT2D eigenvalue weighted by molar-refractivity contribution is -0.122. The third-order valence-corrected chi connectivity index (χ3v) is 5.37. The normalized spacial score (nSPS) is 11.2. The summed E-state index contributed by atoms with van der Waals surface area (Å²) in [7, 11) is 0. The van der Waals surface area contributed by atoms with Gasteiger partial charge in [0.05, 0.1) is 12.4 Å². The molecule has 36 heavy (non-hydrogen) atoms. The summed E-state index contributed by atoms with van der Waals surface area (Å²) in [6.07, 6.45) is 11.1. The van der Waals surface area contributed by atoms with Crippen molar-refractivity contribution < 1.29 is 30.0 Å². The highest BCUT2D eigenvalue weighted by atomic mass is 16.3. The fourth-order valence-electron chi connectivity index (χ4n) is 3.37. The molecule has 0 saturated carbocycles. The van der Waals surface area contributed by atoms with Crippen molar-refractivity contribution in [2.75, 3.05) is 0 Å². The first-order valence-electron chi connectivity index (χ1n) is 12.0. The molecule has 10 heteroatoms. The molecule has 6 N–H and O–H groups in total. The molecule has 0 aliphatic rings. The molecule has 0 bridgehead atoms. The molecule has 0 aliphatic heterocycles. The minimum absolute atomic E-state index is 0.0475. The van der Waals surface area contributed by atoms with E-state index >= 15 is 0 Å². The van der Waals surface area contributed by atoms with Gasteiger partial charge in [-0.05, 0) is 37.1 Å². The van der Waals surface area contributed by atoms with Crippen molar-refractivity contribution in [1.29, 1.82) is 0 Å². The quantitative estimate of drug-likeness (QED) is 0.123. The van der Waals surface area contributed by atoms with E-state index in [9.17, 15) is 30.0 Å². The molecule has 2 rings (SSSR count). The third-order valence-electron chi connectivity index (χ3n) is 5.37. The Morgan fingerprint density at radius 2 is 0.972 bits per heavy atom. The number of hydrogen-bond acceptors (Lipinski definition) is 8. The summed E-state index contributed by atoms with van der Waals surface area (Å²) in [6.45, 7) is 0. The number of amides is 2. The summed E-state index contributed by atoms with van der Waals surface area (Å²) < 4.78 is 0. The molecular formula is C26H34N4O6. The van der Waals surface area contributed by atoms with Gasteiger partial charge in [0.25, 0.3) is 0 Å². The summed E-state index contributed by atoms with van der Waals surface area (Å²) >= 11 is 0. The van der Waals surface area contributed by atoms with Crippen LogP contribution in [0.15, 0.2) is 46.6 Å². The molecule has 0 unspecified atom stereocenters. The van der Waals surface area contributed by atoms with E-state index in [1.165, 1.54) is 48.8 Å². The van der Waals surface area contributed by atoms with Gasteiger partial charge in [0.1, 0.15) is 23.0 Å². The SMILES string of the molecule is O=C(CCCCCCCCCCC(=O)NN=Cc1ccc(O)cc1O)NN=Cc1ccc(O)cc1O. The van der Waals surface area contributed by atoms with Gasteiger partial charge in [0, 0.05) is 36.1 Å². The number of hydrazone groups is 2. The number of rotatable bonds is 15. The molecule has 0 aromatic heterocycles. The lowest BCUT2D eigenvalue weighted by Crippen LogP contribution is -2.16. The molecule has 2 aromatic carbocycles. The van der Waals surface area contributed by atoms with E-state index < -0.39 is 0 Å². The molecule has 0 spiro atoms. The third kappa shape index (κ3) is 11.4. The van der Waals surface area contributed by atoms with Crippen molar-refractivity contribution in [3.8, 4) is 23.0 Å². The Kier molecular flexibility index (Phi) is 12.3. The molecule has 194 valence electrons. The van der Waals surface area contributed by atoms with Crippen LogP contribution in [-0.4, -0.2) is 44.7 Å². The van der Waals surface area contributed by atoms with Crippen LogP contribution in [0.3, 0.4) is 0 Å². The number of nitrogens with zero attached hydrogens (tertiary/aromatic N) is 2. The highest BCUT2D eigenvalue weighted by Gasteiger charge is 2.03.